The summed E-state index contributed by atoms with van der Waals surface area (Å²) in [5.41, 5.74) is 4.85. The fourth-order valence-electron chi connectivity index (χ4n) is 4.40. The van der Waals surface area contributed by atoms with Crippen molar-refractivity contribution in [3.8, 4) is 11.8 Å². The van der Waals surface area contributed by atoms with Crippen LogP contribution in [0.4, 0.5) is 0 Å². The highest BCUT2D eigenvalue weighted by Crippen LogP contribution is 2.38. The monoisotopic (exact) mass is 396 g/mol. The van der Waals surface area contributed by atoms with Crippen LogP contribution >= 0.6 is 0 Å². The lowest BCUT2D eigenvalue weighted by atomic mass is 9.72. The molecule has 0 spiro atoms. The highest BCUT2D eigenvalue weighted by Gasteiger charge is 2.48. The van der Waals surface area contributed by atoms with E-state index >= 15 is 0 Å². The van der Waals surface area contributed by atoms with Gasteiger partial charge in [-0.25, -0.2) is 0 Å². The largest absolute Gasteiger partial charge is 0.377 e. The summed E-state index contributed by atoms with van der Waals surface area (Å²) >= 11 is 0. The first-order chi connectivity index (χ1) is 14.4. The molecule has 1 heterocycles. The van der Waals surface area contributed by atoms with E-state index in [1.54, 1.807) is 0 Å². The van der Waals surface area contributed by atoms with Gasteiger partial charge in [-0.3, -0.25) is 0 Å². The van der Waals surface area contributed by atoms with Gasteiger partial charge in [0, 0.05) is 23.1 Å². The van der Waals surface area contributed by atoms with Crippen LogP contribution < -0.4 is 5.32 Å². The van der Waals surface area contributed by atoms with Gasteiger partial charge >= 0.3 is 0 Å². The highest BCUT2D eigenvalue weighted by atomic mass is 16.3. The smallest absolute Gasteiger partial charge is 0.140 e. The van der Waals surface area contributed by atoms with Gasteiger partial charge in [0.1, 0.15) is 17.7 Å². The van der Waals surface area contributed by atoms with Crippen LogP contribution in [-0.4, -0.2) is 10.7 Å². The fourth-order valence-corrected chi connectivity index (χ4v) is 4.40. The first-order valence-electron chi connectivity index (χ1n) is 10.7. The van der Waals surface area contributed by atoms with Crippen molar-refractivity contribution in [3.63, 3.8) is 0 Å². The maximum atomic E-state index is 11.8. The van der Waals surface area contributed by atoms with Crippen molar-refractivity contribution in [2.24, 2.45) is 5.92 Å². The molecule has 1 saturated heterocycles. The van der Waals surface area contributed by atoms with Crippen LogP contribution in [0.15, 0.2) is 78.9 Å². The Labute approximate surface area is 180 Å². The molecular weight excluding hydrogens is 366 g/mol. The van der Waals surface area contributed by atoms with Crippen molar-refractivity contribution >= 4 is 0 Å². The second-order valence-electron chi connectivity index (χ2n) is 8.68. The van der Waals surface area contributed by atoms with Crippen molar-refractivity contribution in [1.29, 1.82) is 0 Å². The van der Waals surface area contributed by atoms with Crippen molar-refractivity contribution in [2.45, 2.75) is 44.9 Å². The number of quaternary nitrogens is 1. The van der Waals surface area contributed by atoms with E-state index < -0.39 is 5.60 Å². The second kappa shape index (κ2) is 8.48. The summed E-state index contributed by atoms with van der Waals surface area (Å²) in [5, 5.41) is 14.2. The zero-order valence-corrected chi connectivity index (χ0v) is 18.0. The molecule has 0 aliphatic carbocycles. The van der Waals surface area contributed by atoms with Crippen molar-refractivity contribution in [2.75, 3.05) is 0 Å². The molecule has 0 aromatic heterocycles. The lowest BCUT2D eigenvalue weighted by molar-refractivity contribution is -0.755. The van der Waals surface area contributed by atoms with Gasteiger partial charge in [-0.1, -0.05) is 96.6 Å². The summed E-state index contributed by atoms with van der Waals surface area (Å²) in [4.78, 5) is 0. The van der Waals surface area contributed by atoms with Crippen molar-refractivity contribution in [1.82, 2.24) is 0 Å². The molecule has 0 radical (unpaired) electrons. The lowest BCUT2D eigenvalue weighted by Crippen LogP contribution is -2.91. The Morgan fingerprint density at radius 3 is 2.00 bits per heavy atom. The van der Waals surface area contributed by atoms with E-state index in [0.717, 1.165) is 5.56 Å². The van der Waals surface area contributed by atoms with Gasteiger partial charge in [-0.05, 0) is 26.0 Å². The zero-order valence-electron chi connectivity index (χ0n) is 18.0. The predicted molar refractivity (Wildman–Crippen MR) is 122 cm³/mol. The van der Waals surface area contributed by atoms with Crippen LogP contribution in [0.3, 0.4) is 0 Å². The minimum atomic E-state index is -1.06. The standard InChI is InChI=1S/C28H29NO/c1-20-9-13-24(14-10-20)26-19-28(30,18-17-23-7-5-4-6-8-23)22(3)27(29-26)25-15-11-21(2)12-16-25/h4-16,22,26-27,29-30H,19H2,1-3H3/p+1/t22-,26+,27-,28+/m1/s1. The summed E-state index contributed by atoms with van der Waals surface area (Å²) in [6.07, 6.45) is 0.611. The number of benzene rings is 3. The maximum Gasteiger partial charge on any atom is 0.140 e. The topological polar surface area (TPSA) is 36.8 Å². The van der Waals surface area contributed by atoms with E-state index in [1.807, 2.05) is 30.3 Å². The molecule has 4 atom stereocenters. The van der Waals surface area contributed by atoms with E-state index in [1.165, 1.54) is 22.3 Å². The Kier molecular flexibility index (Phi) is 5.77. The van der Waals surface area contributed by atoms with E-state index in [0.29, 0.717) is 6.42 Å². The Balaban J connectivity index is 1.73. The number of hydrogen-bond donors (Lipinski definition) is 2. The molecule has 3 aromatic carbocycles. The van der Waals surface area contributed by atoms with Gasteiger partial charge in [-0.15, -0.1) is 0 Å². The molecule has 0 saturated carbocycles. The van der Waals surface area contributed by atoms with E-state index in [4.69, 9.17) is 0 Å². The van der Waals surface area contributed by atoms with Crippen LogP contribution in [0.25, 0.3) is 0 Å². The SMILES string of the molecule is Cc1ccc([C@@H]2C[C@@](O)(C#Cc3ccccc3)[C@H](C)[C@H](c3ccc(C)cc3)[NH2+]2)cc1. The molecule has 4 rings (SSSR count). The van der Waals surface area contributed by atoms with E-state index in [-0.39, 0.29) is 18.0 Å². The van der Waals surface area contributed by atoms with Gasteiger partial charge in [0.25, 0.3) is 0 Å². The molecule has 1 aliphatic heterocycles. The number of aliphatic hydroxyl groups is 1. The molecule has 152 valence electrons. The summed E-state index contributed by atoms with van der Waals surface area (Å²) in [7, 11) is 0. The summed E-state index contributed by atoms with van der Waals surface area (Å²) in [5.74, 6) is 6.50. The van der Waals surface area contributed by atoms with Crippen molar-refractivity contribution < 1.29 is 10.4 Å². The van der Waals surface area contributed by atoms with E-state index in [9.17, 15) is 5.11 Å². The van der Waals surface area contributed by atoms with Crippen LogP contribution in [0.5, 0.6) is 0 Å². The third-order valence-electron chi connectivity index (χ3n) is 6.43. The molecule has 0 unspecified atom stereocenters. The Hall–Kier alpha value is -2.86. The number of rotatable bonds is 2. The number of nitrogens with two attached hydrogens (primary N) is 1. The Bertz CT molecular complexity index is 1040. The molecule has 0 amide bonds. The lowest BCUT2D eigenvalue weighted by Gasteiger charge is -2.42. The van der Waals surface area contributed by atoms with Gasteiger partial charge in [0.15, 0.2) is 0 Å². The second-order valence-corrected chi connectivity index (χ2v) is 8.68. The Morgan fingerprint density at radius 1 is 0.833 bits per heavy atom. The number of piperidine rings is 1. The fraction of sp³-hybridized carbons (Fsp3) is 0.286. The van der Waals surface area contributed by atoms with Gasteiger partial charge in [0.2, 0.25) is 0 Å². The van der Waals surface area contributed by atoms with Crippen LogP contribution in [0.1, 0.15) is 53.2 Å². The average molecular weight is 397 g/mol. The van der Waals surface area contributed by atoms with Crippen LogP contribution in [-0.2, 0) is 0 Å². The summed E-state index contributed by atoms with van der Waals surface area (Å²) in [6, 6.07) is 27.6. The van der Waals surface area contributed by atoms with Crippen LogP contribution in [0.2, 0.25) is 0 Å². The first-order valence-corrected chi connectivity index (χ1v) is 10.7. The van der Waals surface area contributed by atoms with Crippen molar-refractivity contribution in [3.05, 3.63) is 107 Å². The molecule has 3 aromatic rings. The predicted octanol–water partition coefficient (Wildman–Crippen LogP) is 4.47. The van der Waals surface area contributed by atoms with Gasteiger partial charge in [0.05, 0.1) is 5.92 Å². The maximum absolute atomic E-state index is 11.8. The molecule has 2 nitrogen and oxygen atoms in total. The average Bonchev–Trinajstić information content (AvgIpc) is 2.76. The third-order valence-corrected chi connectivity index (χ3v) is 6.43. The molecular formula is C28H30NO+. The molecule has 1 fully saturated rings. The van der Waals surface area contributed by atoms with Gasteiger partial charge < -0.3 is 10.4 Å². The molecule has 3 N–H and O–H groups in total. The summed E-state index contributed by atoms with van der Waals surface area (Å²) in [6.45, 7) is 6.34. The molecule has 1 aliphatic rings. The first kappa shape index (κ1) is 20.4. The zero-order chi connectivity index (χ0) is 21.1. The quantitative estimate of drug-likeness (QED) is 0.616. The Morgan fingerprint density at radius 2 is 1.40 bits per heavy atom. The minimum Gasteiger partial charge on any atom is -0.377 e. The number of aryl methyl sites for hydroxylation is 2. The normalized spacial score (nSPS) is 25.9. The van der Waals surface area contributed by atoms with Gasteiger partial charge in [-0.2, -0.15) is 0 Å². The molecule has 0 bridgehead atoms. The highest BCUT2D eigenvalue weighted by molar-refractivity contribution is 5.38. The number of hydrogen-bond acceptors (Lipinski definition) is 1. The van der Waals surface area contributed by atoms with E-state index in [2.05, 4.69) is 86.5 Å². The summed E-state index contributed by atoms with van der Waals surface area (Å²) < 4.78 is 0. The third kappa shape index (κ3) is 4.33. The van der Waals surface area contributed by atoms with Crippen LogP contribution in [0, 0.1) is 31.6 Å². The molecule has 2 heteroatoms. The molecule has 30 heavy (non-hydrogen) atoms. The minimum absolute atomic E-state index is 0.00174.